The van der Waals surface area contributed by atoms with Crippen molar-refractivity contribution in [3.63, 3.8) is 0 Å². The van der Waals surface area contributed by atoms with Crippen LogP contribution in [0.4, 0.5) is 0 Å². The number of hydrogen-bond acceptors (Lipinski definition) is 1. The normalized spacial score (nSPS) is 29.2. The van der Waals surface area contributed by atoms with Crippen LogP contribution in [0.25, 0.3) is 0 Å². The van der Waals surface area contributed by atoms with Crippen LogP contribution in [0, 0.1) is 0 Å². The van der Waals surface area contributed by atoms with Crippen molar-refractivity contribution >= 4 is 0 Å². The standard InChI is InChI=1S/C12H20O/c1-4-5-8-11-10(2)7-6-9-12(11,3)13/h4,13H,1,5-9H2,2-3H3. The first-order chi connectivity index (χ1) is 6.08. The largest absolute Gasteiger partial charge is 0.386 e. The van der Waals surface area contributed by atoms with Gasteiger partial charge in [0.15, 0.2) is 0 Å². The van der Waals surface area contributed by atoms with Crippen LogP contribution < -0.4 is 0 Å². The zero-order valence-corrected chi connectivity index (χ0v) is 8.77. The molecule has 0 bridgehead atoms. The van der Waals surface area contributed by atoms with E-state index in [4.69, 9.17) is 0 Å². The highest BCUT2D eigenvalue weighted by atomic mass is 16.3. The first-order valence-corrected chi connectivity index (χ1v) is 5.10. The van der Waals surface area contributed by atoms with Crippen molar-refractivity contribution in [1.29, 1.82) is 0 Å². The first kappa shape index (κ1) is 10.5. The second-order valence-corrected chi connectivity index (χ2v) is 4.21. The molecule has 1 atom stereocenters. The molecule has 0 fully saturated rings. The maximum atomic E-state index is 10.1. The SMILES string of the molecule is C=CCCC1=C(C)CCCC1(C)O. The predicted octanol–water partition coefficient (Wildman–Crippen LogP) is 3.20. The van der Waals surface area contributed by atoms with Gasteiger partial charge in [-0.3, -0.25) is 0 Å². The highest BCUT2D eigenvalue weighted by Crippen LogP contribution is 2.35. The van der Waals surface area contributed by atoms with Crippen LogP contribution in [0.2, 0.25) is 0 Å². The van der Waals surface area contributed by atoms with E-state index in [1.807, 2.05) is 13.0 Å². The summed E-state index contributed by atoms with van der Waals surface area (Å²) in [7, 11) is 0. The molecule has 74 valence electrons. The van der Waals surface area contributed by atoms with Gasteiger partial charge in [-0.1, -0.05) is 11.6 Å². The number of rotatable bonds is 3. The molecule has 1 N–H and O–H groups in total. The van der Waals surface area contributed by atoms with E-state index in [1.54, 1.807) is 0 Å². The highest BCUT2D eigenvalue weighted by Gasteiger charge is 2.29. The molecule has 0 heterocycles. The third-order valence-corrected chi connectivity index (χ3v) is 2.98. The maximum Gasteiger partial charge on any atom is 0.0831 e. The molecule has 0 amide bonds. The van der Waals surface area contributed by atoms with E-state index in [9.17, 15) is 5.11 Å². The van der Waals surface area contributed by atoms with Gasteiger partial charge in [-0.15, -0.1) is 6.58 Å². The van der Waals surface area contributed by atoms with Gasteiger partial charge in [0.05, 0.1) is 5.60 Å². The molecule has 1 nitrogen and oxygen atoms in total. The van der Waals surface area contributed by atoms with Crippen LogP contribution in [0.5, 0.6) is 0 Å². The van der Waals surface area contributed by atoms with Gasteiger partial charge in [0, 0.05) is 0 Å². The summed E-state index contributed by atoms with van der Waals surface area (Å²) in [4.78, 5) is 0. The summed E-state index contributed by atoms with van der Waals surface area (Å²) in [5.74, 6) is 0. The van der Waals surface area contributed by atoms with Gasteiger partial charge in [-0.2, -0.15) is 0 Å². The first-order valence-electron chi connectivity index (χ1n) is 5.10. The number of allylic oxidation sites excluding steroid dienone is 2. The second kappa shape index (κ2) is 4.10. The van der Waals surface area contributed by atoms with E-state index in [-0.39, 0.29) is 0 Å². The van der Waals surface area contributed by atoms with Crippen molar-refractivity contribution < 1.29 is 5.11 Å². The summed E-state index contributed by atoms with van der Waals surface area (Å²) in [6.07, 6.45) is 7.06. The molecule has 0 saturated carbocycles. The Morgan fingerprint density at radius 2 is 2.31 bits per heavy atom. The van der Waals surface area contributed by atoms with E-state index in [0.29, 0.717) is 0 Å². The Hall–Kier alpha value is -0.560. The minimum absolute atomic E-state index is 0.550. The van der Waals surface area contributed by atoms with Gasteiger partial charge < -0.3 is 5.11 Å². The summed E-state index contributed by atoms with van der Waals surface area (Å²) in [5, 5.41) is 10.1. The Morgan fingerprint density at radius 3 is 2.85 bits per heavy atom. The van der Waals surface area contributed by atoms with E-state index >= 15 is 0 Å². The molecule has 0 aromatic heterocycles. The van der Waals surface area contributed by atoms with E-state index < -0.39 is 5.60 Å². The van der Waals surface area contributed by atoms with Gasteiger partial charge in [-0.25, -0.2) is 0 Å². The van der Waals surface area contributed by atoms with Crippen molar-refractivity contribution in [2.24, 2.45) is 0 Å². The molecular formula is C12H20O. The Kier molecular flexibility index (Phi) is 3.32. The van der Waals surface area contributed by atoms with Crippen molar-refractivity contribution in [2.45, 2.75) is 51.6 Å². The van der Waals surface area contributed by atoms with Gasteiger partial charge in [0.25, 0.3) is 0 Å². The predicted molar refractivity (Wildman–Crippen MR) is 56.6 cm³/mol. The average molecular weight is 180 g/mol. The van der Waals surface area contributed by atoms with Crippen LogP contribution in [0.3, 0.4) is 0 Å². The van der Waals surface area contributed by atoms with Gasteiger partial charge >= 0.3 is 0 Å². The summed E-state index contributed by atoms with van der Waals surface area (Å²) in [5.41, 5.74) is 2.09. The monoisotopic (exact) mass is 180 g/mol. The Labute approximate surface area is 81.2 Å². The fourth-order valence-corrected chi connectivity index (χ4v) is 2.19. The smallest absolute Gasteiger partial charge is 0.0831 e. The topological polar surface area (TPSA) is 20.2 Å². The Bertz CT molecular complexity index is 223. The quantitative estimate of drug-likeness (QED) is 0.661. The summed E-state index contributed by atoms with van der Waals surface area (Å²) in [6.45, 7) is 7.80. The minimum atomic E-state index is -0.550. The lowest BCUT2D eigenvalue weighted by Gasteiger charge is -2.33. The van der Waals surface area contributed by atoms with Crippen LogP contribution in [0.1, 0.15) is 46.0 Å². The van der Waals surface area contributed by atoms with Crippen molar-refractivity contribution in [3.8, 4) is 0 Å². The summed E-state index contributed by atoms with van der Waals surface area (Å²) in [6, 6.07) is 0. The maximum absolute atomic E-state index is 10.1. The molecule has 1 heteroatoms. The second-order valence-electron chi connectivity index (χ2n) is 4.21. The molecule has 1 rings (SSSR count). The third kappa shape index (κ3) is 2.44. The van der Waals surface area contributed by atoms with Gasteiger partial charge in [0.2, 0.25) is 0 Å². The Morgan fingerprint density at radius 1 is 1.62 bits per heavy atom. The van der Waals surface area contributed by atoms with Crippen molar-refractivity contribution in [2.75, 3.05) is 0 Å². The van der Waals surface area contributed by atoms with Crippen LogP contribution in [0.15, 0.2) is 23.8 Å². The average Bonchev–Trinajstić information content (AvgIpc) is 2.02. The molecule has 1 unspecified atom stereocenters. The summed E-state index contributed by atoms with van der Waals surface area (Å²) >= 11 is 0. The Balaban J connectivity index is 2.78. The van der Waals surface area contributed by atoms with E-state index in [2.05, 4.69) is 13.5 Å². The van der Waals surface area contributed by atoms with Crippen LogP contribution in [-0.4, -0.2) is 10.7 Å². The lowest BCUT2D eigenvalue weighted by Crippen LogP contribution is -2.30. The van der Waals surface area contributed by atoms with Crippen LogP contribution >= 0.6 is 0 Å². The molecule has 0 aromatic rings. The third-order valence-electron chi connectivity index (χ3n) is 2.98. The number of hydrogen-bond donors (Lipinski definition) is 1. The molecular weight excluding hydrogens is 160 g/mol. The summed E-state index contributed by atoms with van der Waals surface area (Å²) < 4.78 is 0. The molecule has 13 heavy (non-hydrogen) atoms. The molecule has 0 saturated heterocycles. The molecule has 0 aliphatic heterocycles. The zero-order chi connectivity index (χ0) is 9.90. The molecule has 1 aliphatic carbocycles. The van der Waals surface area contributed by atoms with Gasteiger partial charge in [0.1, 0.15) is 0 Å². The molecule has 0 aromatic carbocycles. The van der Waals surface area contributed by atoms with E-state index in [0.717, 1.165) is 32.1 Å². The molecule has 1 aliphatic rings. The lowest BCUT2D eigenvalue weighted by molar-refractivity contribution is 0.0756. The minimum Gasteiger partial charge on any atom is -0.386 e. The fourth-order valence-electron chi connectivity index (χ4n) is 2.19. The van der Waals surface area contributed by atoms with Crippen molar-refractivity contribution in [1.82, 2.24) is 0 Å². The number of aliphatic hydroxyl groups is 1. The van der Waals surface area contributed by atoms with Gasteiger partial charge in [-0.05, 0) is 51.5 Å². The highest BCUT2D eigenvalue weighted by molar-refractivity contribution is 5.25. The molecule has 0 spiro atoms. The van der Waals surface area contributed by atoms with Crippen LogP contribution in [-0.2, 0) is 0 Å². The fraction of sp³-hybridized carbons (Fsp3) is 0.667. The zero-order valence-electron chi connectivity index (χ0n) is 8.77. The molecule has 0 radical (unpaired) electrons. The van der Waals surface area contributed by atoms with Crippen molar-refractivity contribution in [3.05, 3.63) is 23.8 Å². The van der Waals surface area contributed by atoms with E-state index in [1.165, 1.54) is 11.1 Å². The lowest BCUT2D eigenvalue weighted by atomic mass is 9.79.